The lowest BCUT2D eigenvalue weighted by atomic mass is 9.95. The van der Waals surface area contributed by atoms with Gasteiger partial charge in [-0.2, -0.15) is 5.26 Å². The van der Waals surface area contributed by atoms with Crippen LogP contribution in [0.3, 0.4) is 0 Å². The molecule has 3 rings (SSSR count). The molecule has 1 heterocycles. The average molecular weight is 408 g/mol. The Morgan fingerprint density at radius 2 is 1.80 bits per heavy atom. The highest BCUT2D eigenvalue weighted by atomic mass is 16.5. The third-order valence-corrected chi connectivity index (χ3v) is 4.70. The van der Waals surface area contributed by atoms with Gasteiger partial charge >= 0.3 is 5.97 Å². The van der Waals surface area contributed by atoms with Gasteiger partial charge in [0.1, 0.15) is 0 Å². The molecule has 1 amide bonds. The topological polar surface area (TPSA) is 97.7 Å². The van der Waals surface area contributed by atoms with Crippen LogP contribution in [0.25, 0.3) is 0 Å². The Balaban J connectivity index is 1.62. The van der Waals surface area contributed by atoms with Crippen LogP contribution in [0.15, 0.2) is 42.5 Å². The number of nitrogens with one attached hydrogen (secondary N) is 1. The molecular formula is C23H24N2O5. The first-order valence-electron chi connectivity index (χ1n) is 9.84. The van der Waals surface area contributed by atoms with Crippen molar-refractivity contribution in [3.05, 3.63) is 59.2 Å². The molecule has 1 aliphatic heterocycles. The van der Waals surface area contributed by atoms with E-state index >= 15 is 0 Å². The summed E-state index contributed by atoms with van der Waals surface area (Å²) in [5, 5.41) is 11.7. The molecule has 2 aromatic rings. The van der Waals surface area contributed by atoms with Crippen LogP contribution in [0.5, 0.6) is 11.5 Å². The predicted octanol–water partition coefficient (Wildman–Crippen LogP) is 3.39. The number of hydrogen-bond acceptors (Lipinski definition) is 6. The van der Waals surface area contributed by atoms with Crippen LogP contribution in [-0.2, 0) is 9.53 Å². The maximum Gasteiger partial charge on any atom is 0.338 e. The van der Waals surface area contributed by atoms with Gasteiger partial charge in [0.2, 0.25) is 0 Å². The number of ether oxygens (including phenoxy) is 3. The second-order valence-corrected chi connectivity index (χ2v) is 7.31. The molecule has 30 heavy (non-hydrogen) atoms. The molecule has 0 bridgehead atoms. The minimum absolute atomic E-state index is 0.105. The fourth-order valence-corrected chi connectivity index (χ4v) is 3.12. The van der Waals surface area contributed by atoms with Gasteiger partial charge in [-0.1, -0.05) is 19.9 Å². The Morgan fingerprint density at radius 3 is 2.47 bits per heavy atom. The van der Waals surface area contributed by atoms with E-state index in [0.717, 1.165) is 12.0 Å². The Hall–Kier alpha value is -3.53. The highest BCUT2D eigenvalue weighted by Gasteiger charge is 2.22. The van der Waals surface area contributed by atoms with Crippen molar-refractivity contribution < 1.29 is 23.8 Å². The first kappa shape index (κ1) is 21.2. The number of nitrogens with zero attached hydrogens (tertiary/aromatic N) is 1. The van der Waals surface area contributed by atoms with Crippen LogP contribution in [0.4, 0.5) is 0 Å². The highest BCUT2D eigenvalue weighted by molar-refractivity contribution is 5.91. The fraction of sp³-hybridized carbons (Fsp3) is 0.348. The van der Waals surface area contributed by atoms with Crippen LogP contribution in [-0.4, -0.2) is 31.7 Å². The standard InChI is InChI=1S/C23H24N2O5/c1-15(2)22(18-8-9-19-20(12-18)29-11-3-10-28-19)25-21(26)14-30-23(27)17-6-4-16(13-24)5-7-17/h4-9,12,15,22H,3,10-11,14H2,1-2H3,(H,25,26)/t22-/m0/s1. The fourth-order valence-electron chi connectivity index (χ4n) is 3.12. The molecule has 1 aliphatic rings. The molecule has 1 atom stereocenters. The lowest BCUT2D eigenvalue weighted by Gasteiger charge is -2.23. The van der Waals surface area contributed by atoms with E-state index < -0.39 is 18.5 Å². The van der Waals surface area contributed by atoms with E-state index in [1.54, 1.807) is 0 Å². The van der Waals surface area contributed by atoms with Crippen LogP contribution >= 0.6 is 0 Å². The van der Waals surface area contributed by atoms with Gasteiger partial charge in [-0.3, -0.25) is 4.79 Å². The lowest BCUT2D eigenvalue weighted by molar-refractivity contribution is -0.125. The number of esters is 1. The third kappa shape index (κ3) is 5.29. The SMILES string of the molecule is CC(C)[C@H](NC(=O)COC(=O)c1ccc(C#N)cc1)c1ccc2c(c1)OCCCO2. The van der Waals surface area contributed by atoms with Crippen LogP contribution in [0.1, 0.15) is 47.8 Å². The minimum atomic E-state index is -0.619. The van der Waals surface area contributed by atoms with Crippen molar-refractivity contribution in [3.63, 3.8) is 0 Å². The first-order chi connectivity index (χ1) is 14.5. The summed E-state index contributed by atoms with van der Waals surface area (Å²) in [6.07, 6.45) is 0.818. The van der Waals surface area contributed by atoms with E-state index in [0.29, 0.717) is 30.3 Å². The van der Waals surface area contributed by atoms with Gasteiger partial charge in [0.25, 0.3) is 5.91 Å². The number of benzene rings is 2. The van der Waals surface area contributed by atoms with Crippen molar-refractivity contribution >= 4 is 11.9 Å². The molecule has 0 radical (unpaired) electrons. The number of hydrogen-bond donors (Lipinski definition) is 1. The van der Waals surface area contributed by atoms with Crippen molar-refractivity contribution in [1.82, 2.24) is 5.32 Å². The van der Waals surface area contributed by atoms with Crippen molar-refractivity contribution in [2.24, 2.45) is 5.92 Å². The molecule has 7 heteroatoms. The van der Waals surface area contributed by atoms with Gasteiger partial charge in [-0.25, -0.2) is 4.79 Å². The van der Waals surface area contributed by atoms with Crippen LogP contribution in [0, 0.1) is 17.2 Å². The summed E-state index contributed by atoms with van der Waals surface area (Å²) in [5.74, 6) is 0.445. The summed E-state index contributed by atoms with van der Waals surface area (Å²) in [7, 11) is 0. The van der Waals surface area contributed by atoms with Crippen molar-refractivity contribution in [2.75, 3.05) is 19.8 Å². The van der Waals surface area contributed by atoms with Crippen LogP contribution < -0.4 is 14.8 Å². The summed E-state index contributed by atoms with van der Waals surface area (Å²) >= 11 is 0. The van der Waals surface area contributed by atoms with Gasteiger partial charge in [0.05, 0.1) is 36.5 Å². The molecular weight excluding hydrogens is 384 g/mol. The zero-order valence-corrected chi connectivity index (χ0v) is 17.0. The summed E-state index contributed by atoms with van der Waals surface area (Å²) in [5.41, 5.74) is 1.62. The third-order valence-electron chi connectivity index (χ3n) is 4.70. The van der Waals surface area contributed by atoms with Gasteiger partial charge in [-0.15, -0.1) is 0 Å². The number of carbonyl (C=O) groups is 2. The lowest BCUT2D eigenvalue weighted by Crippen LogP contribution is -2.35. The maximum atomic E-state index is 12.4. The smallest absolute Gasteiger partial charge is 0.338 e. The average Bonchev–Trinajstić information content (AvgIpc) is 3.00. The van der Waals surface area contributed by atoms with Gasteiger partial charge in [0.15, 0.2) is 18.1 Å². The molecule has 1 N–H and O–H groups in total. The molecule has 0 saturated carbocycles. The van der Waals surface area contributed by atoms with E-state index in [9.17, 15) is 9.59 Å². The zero-order valence-electron chi connectivity index (χ0n) is 17.0. The van der Waals surface area contributed by atoms with Crippen molar-refractivity contribution in [2.45, 2.75) is 26.3 Å². The molecule has 0 unspecified atom stereocenters. The van der Waals surface area contributed by atoms with E-state index in [2.05, 4.69) is 5.32 Å². The first-order valence-corrected chi connectivity index (χ1v) is 9.84. The number of fused-ring (bicyclic) bond motifs is 1. The predicted molar refractivity (Wildman–Crippen MR) is 109 cm³/mol. The van der Waals surface area contributed by atoms with Gasteiger partial charge < -0.3 is 19.5 Å². The second-order valence-electron chi connectivity index (χ2n) is 7.31. The maximum absolute atomic E-state index is 12.4. The molecule has 7 nitrogen and oxygen atoms in total. The van der Waals surface area contributed by atoms with E-state index in [-0.39, 0.29) is 17.5 Å². The molecule has 0 fully saturated rings. The Kier molecular flexibility index (Phi) is 6.91. The minimum Gasteiger partial charge on any atom is -0.490 e. The second kappa shape index (κ2) is 9.79. The molecule has 156 valence electrons. The van der Waals surface area contributed by atoms with Gasteiger partial charge in [-0.05, 0) is 47.9 Å². The number of amides is 1. The van der Waals surface area contributed by atoms with Crippen molar-refractivity contribution in [3.8, 4) is 17.6 Å². The quantitative estimate of drug-likeness (QED) is 0.736. The Bertz CT molecular complexity index is 947. The molecule has 0 aromatic heterocycles. The summed E-state index contributed by atoms with van der Waals surface area (Å²) in [6, 6.07) is 13.4. The Labute approximate surface area is 175 Å². The highest BCUT2D eigenvalue weighted by Crippen LogP contribution is 2.34. The van der Waals surface area contributed by atoms with E-state index in [4.69, 9.17) is 19.5 Å². The molecule has 2 aromatic carbocycles. The van der Waals surface area contributed by atoms with E-state index in [1.165, 1.54) is 24.3 Å². The number of carbonyl (C=O) groups excluding carboxylic acids is 2. The summed E-state index contributed by atoms with van der Waals surface area (Å²) in [6.45, 7) is 4.79. The van der Waals surface area contributed by atoms with Gasteiger partial charge in [0, 0.05) is 6.42 Å². The monoisotopic (exact) mass is 408 g/mol. The van der Waals surface area contributed by atoms with Crippen LogP contribution in [0.2, 0.25) is 0 Å². The molecule has 0 aliphatic carbocycles. The number of rotatable bonds is 6. The molecule has 0 spiro atoms. The Morgan fingerprint density at radius 1 is 1.10 bits per heavy atom. The summed E-state index contributed by atoms with van der Waals surface area (Å²) < 4.78 is 16.5. The normalized spacial score (nSPS) is 13.7. The summed E-state index contributed by atoms with van der Waals surface area (Å²) in [4.78, 5) is 24.5. The van der Waals surface area contributed by atoms with E-state index in [1.807, 2.05) is 38.1 Å². The number of nitriles is 1. The molecule has 0 saturated heterocycles. The zero-order chi connectivity index (χ0) is 21.5. The largest absolute Gasteiger partial charge is 0.490 e. The van der Waals surface area contributed by atoms with Crippen molar-refractivity contribution in [1.29, 1.82) is 5.26 Å².